The first-order valence-electron chi connectivity index (χ1n) is 5.67. The van der Waals surface area contributed by atoms with Crippen molar-refractivity contribution in [2.24, 2.45) is 0 Å². The smallest absolute Gasteiger partial charge is 0.174 e. The van der Waals surface area contributed by atoms with Gasteiger partial charge in [-0.2, -0.15) is 0 Å². The van der Waals surface area contributed by atoms with Crippen LogP contribution in [0.5, 0.6) is 5.75 Å². The van der Waals surface area contributed by atoms with Crippen LogP contribution in [0.15, 0.2) is 28.8 Å². The van der Waals surface area contributed by atoms with Gasteiger partial charge in [0.05, 0.1) is 5.69 Å². The molecule has 2 aromatic rings. The van der Waals surface area contributed by atoms with Crippen molar-refractivity contribution in [1.82, 2.24) is 10.5 Å². The molecule has 0 atom stereocenters. The average molecular weight is 267 g/mol. The molecule has 0 saturated carbocycles. The number of ether oxygens (including phenoxy) is 1. The Kier molecular flexibility index (Phi) is 4.23. The molecule has 0 radical (unpaired) electrons. The summed E-state index contributed by atoms with van der Waals surface area (Å²) in [6.45, 7) is 2.94. The fourth-order valence-electron chi connectivity index (χ4n) is 1.65. The molecule has 18 heavy (non-hydrogen) atoms. The molecular formula is C13H15ClN2O2. The fraction of sp³-hybridized carbons (Fsp3) is 0.308. The molecule has 5 heteroatoms. The molecule has 1 aromatic heterocycles. The van der Waals surface area contributed by atoms with Gasteiger partial charge in [-0.25, -0.2) is 0 Å². The van der Waals surface area contributed by atoms with Crippen LogP contribution < -0.4 is 10.1 Å². The molecule has 1 heterocycles. The second-order valence-electron chi connectivity index (χ2n) is 4.01. The molecule has 96 valence electrons. The third kappa shape index (κ3) is 3.24. The first kappa shape index (κ1) is 12.9. The summed E-state index contributed by atoms with van der Waals surface area (Å²) < 4.78 is 10.8. The highest BCUT2D eigenvalue weighted by Crippen LogP contribution is 2.23. The zero-order valence-corrected chi connectivity index (χ0v) is 11.1. The Labute approximate surface area is 111 Å². The summed E-state index contributed by atoms with van der Waals surface area (Å²) in [5.74, 6) is 1.50. The Morgan fingerprint density at radius 2 is 2.22 bits per heavy atom. The molecular weight excluding hydrogens is 252 g/mol. The Morgan fingerprint density at radius 3 is 2.89 bits per heavy atom. The van der Waals surface area contributed by atoms with E-state index in [1.54, 1.807) is 0 Å². The number of nitrogens with zero attached hydrogens (tertiary/aromatic N) is 1. The molecule has 0 aliphatic heterocycles. The van der Waals surface area contributed by atoms with E-state index in [4.69, 9.17) is 20.9 Å². The Balaban J connectivity index is 2.08. The second kappa shape index (κ2) is 5.89. The van der Waals surface area contributed by atoms with Crippen LogP contribution in [0.4, 0.5) is 0 Å². The highest BCUT2D eigenvalue weighted by atomic mass is 35.5. The van der Waals surface area contributed by atoms with E-state index >= 15 is 0 Å². The lowest BCUT2D eigenvalue weighted by molar-refractivity contribution is 0.246. The number of aromatic nitrogens is 1. The van der Waals surface area contributed by atoms with E-state index in [-0.39, 0.29) is 0 Å². The van der Waals surface area contributed by atoms with Crippen molar-refractivity contribution >= 4 is 11.6 Å². The van der Waals surface area contributed by atoms with Crippen LogP contribution in [0.1, 0.15) is 17.0 Å². The van der Waals surface area contributed by atoms with Crippen molar-refractivity contribution in [3.8, 4) is 5.75 Å². The molecule has 4 nitrogen and oxygen atoms in total. The third-order valence-corrected chi connectivity index (χ3v) is 2.67. The maximum absolute atomic E-state index is 5.96. The third-order valence-electron chi connectivity index (χ3n) is 2.44. The molecule has 0 unspecified atom stereocenters. The zero-order valence-electron chi connectivity index (χ0n) is 10.4. The Hall–Kier alpha value is -1.52. The molecule has 1 aromatic carbocycles. The summed E-state index contributed by atoms with van der Waals surface area (Å²) in [4.78, 5) is 0. The SMILES string of the molecule is CNCc1cc(Cl)ccc1OCc1cc(C)no1. The van der Waals surface area contributed by atoms with Crippen LogP contribution >= 0.6 is 11.6 Å². The summed E-state index contributed by atoms with van der Waals surface area (Å²) in [7, 11) is 1.88. The van der Waals surface area contributed by atoms with Gasteiger partial charge in [0, 0.05) is 23.2 Å². The molecule has 0 aliphatic rings. The minimum Gasteiger partial charge on any atom is -0.485 e. The summed E-state index contributed by atoms with van der Waals surface area (Å²) in [6.07, 6.45) is 0. The molecule has 0 spiro atoms. The maximum atomic E-state index is 5.96. The zero-order chi connectivity index (χ0) is 13.0. The van der Waals surface area contributed by atoms with Crippen molar-refractivity contribution in [2.75, 3.05) is 7.05 Å². The molecule has 2 rings (SSSR count). The van der Waals surface area contributed by atoms with Gasteiger partial charge >= 0.3 is 0 Å². The number of nitrogens with one attached hydrogen (secondary N) is 1. The summed E-state index contributed by atoms with van der Waals surface area (Å²) >= 11 is 5.96. The van der Waals surface area contributed by atoms with E-state index in [1.807, 2.05) is 38.2 Å². The standard InChI is InChI=1S/C13H15ClN2O2/c1-9-5-12(18-16-9)8-17-13-4-3-11(14)6-10(13)7-15-2/h3-6,15H,7-8H2,1-2H3. The molecule has 0 fully saturated rings. The number of benzene rings is 1. The van der Waals surface area contributed by atoms with Gasteiger partial charge in [-0.15, -0.1) is 0 Å². The van der Waals surface area contributed by atoms with Gasteiger partial charge in [0.2, 0.25) is 0 Å². The largest absolute Gasteiger partial charge is 0.485 e. The maximum Gasteiger partial charge on any atom is 0.174 e. The normalized spacial score (nSPS) is 10.6. The molecule has 1 N–H and O–H groups in total. The number of aryl methyl sites for hydroxylation is 1. The molecule has 0 saturated heterocycles. The van der Waals surface area contributed by atoms with E-state index in [9.17, 15) is 0 Å². The van der Waals surface area contributed by atoms with Crippen molar-refractivity contribution in [1.29, 1.82) is 0 Å². The quantitative estimate of drug-likeness (QED) is 0.904. The van der Waals surface area contributed by atoms with Crippen molar-refractivity contribution in [2.45, 2.75) is 20.1 Å². The van der Waals surface area contributed by atoms with Gasteiger partial charge in [0.25, 0.3) is 0 Å². The topological polar surface area (TPSA) is 47.3 Å². The average Bonchev–Trinajstić information content (AvgIpc) is 2.75. The first-order valence-corrected chi connectivity index (χ1v) is 6.05. The minimum atomic E-state index is 0.360. The Morgan fingerprint density at radius 1 is 1.39 bits per heavy atom. The number of halogens is 1. The van der Waals surface area contributed by atoms with Crippen molar-refractivity contribution in [3.63, 3.8) is 0 Å². The molecule has 0 amide bonds. The first-order chi connectivity index (χ1) is 8.69. The molecule has 0 bridgehead atoms. The van der Waals surface area contributed by atoms with Crippen molar-refractivity contribution in [3.05, 3.63) is 46.3 Å². The van der Waals surface area contributed by atoms with Crippen LogP contribution in [-0.2, 0) is 13.2 Å². The summed E-state index contributed by atoms with van der Waals surface area (Å²) in [6, 6.07) is 7.41. The van der Waals surface area contributed by atoms with Gasteiger partial charge in [0.1, 0.15) is 12.4 Å². The lowest BCUT2D eigenvalue weighted by Gasteiger charge is -2.10. The van der Waals surface area contributed by atoms with Gasteiger partial charge in [-0.05, 0) is 32.2 Å². The molecule has 0 aliphatic carbocycles. The van der Waals surface area contributed by atoms with Gasteiger partial charge in [0.15, 0.2) is 5.76 Å². The second-order valence-corrected chi connectivity index (χ2v) is 4.44. The van der Waals surface area contributed by atoms with Gasteiger partial charge < -0.3 is 14.6 Å². The van der Waals surface area contributed by atoms with E-state index < -0.39 is 0 Å². The number of hydrogen-bond donors (Lipinski definition) is 1. The van der Waals surface area contributed by atoms with Gasteiger partial charge in [-0.1, -0.05) is 16.8 Å². The van der Waals surface area contributed by atoms with E-state index in [0.29, 0.717) is 23.9 Å². The highest BCUT2D eigenvalue weighted by Gasteiger charge is 2.06. The predicted molar refractivity (Wildman–Crippen MR) is 69.8 cm³/mol. The Bertz CT molecular complexity index is 525. The number of rotatable bonds is 5. The van der Waals surface area contributed by atoms with Crippen molar-refractivity contribution < 1.29 is 9.26 Å². The van der Waals surface area contributed by atoms with Crippen LogP contribution in [0.3, 0.4) is 0 Å². The summed E-state index contributed by atoms with van der Waals surface area (Å²) in [5.41, 5.74) is 1.86. The van der Waals surface area contributed by atoms with E-state index in [0.717, 1.165) is 17.0 Å². The van der Waals surface area contributed by atoms with E-state index in [1.165, 1.54) is 0 Å². The van der Waals surface area contributed by atoms with Crippen LogP contribution in [0.25, 0.3) is 0 Å². The summed E-state index contributed by atoms with van der Waals surface area (Å²) in [5, 5.41) is 7.59. The van der Waals surface area contributed by atoms with Gasteiger partial charge in [-0.3, -0.25) is 0 Å². The van der Waals surface area contributed by atoms with E-state index in [2.05, 4.69) is 10.5 Å². The predicted octanol–water partition coefficient (Wildman–Crippen LogP) is 2.93. The van der Waals surface area contributed by atoms with Crippen LogP contribution in [-0.4, -0.2) is 12.2 Å². The fourth-order valence-corrected chi connectivity index (χ4v) is 1.85. The highest BCUT2D eigenvalue weighted by molar-refractivity contribution is 6.30. The van der Waals surface area contributed by atoms with Crippen LogP contribution in [0.2, 0.25) is 5.02 Å². The number of hydrogen-bond acceptors (Lipinski definition) is 4. The minimum absolute atomic E-state index is 0.360. The van der Waals surface area contributed by atoms with Crippen LogP contribution in [0, 0.1) is 6.92 Å². The lowest BCUT2D eigenvalue weighted by atomic mass is 10.2. The monoisotopic (exact) mass is 266 g/mol. The lowest BCUT2D eigenvalue weighted by Crippen LogP contribution is -2.07.